The molecule has 0 radical (unpaired) electrons. The molecule has 0 aromatic heterocycles. The highest BCUT2D eigenvalue weighted by Gasteiger charge is 2.42. The van der Waals surface area contributed by atoms with Crippen LogP contribution in [0.5, 0.6) is 0 Å². The summed E-state index contributed by atoms with van der Waals surface area (Å²) in [5.74, 6) is -1.21. The standard InChI is InChI=1S/C25H30N2O4/c1-6-25(2,16-27(3,4)5)22(23(28)29)26-24(30)31-15-21-19-13-9-7-11-17(19)18-12-8-10-14-20(18)21/h6-14,21-22H,1,15-16H2,2-5H3,(H-,26,28,29,30)/p+1/t22-,25-/m0/s1. The molecule has 0 saturated carbocycles. The molecule has 0 bridgehead atoms. The third-order valence-corrected chi connectivity index (χ3v) is 5.79. The molecule has 1 aliphatic rings. The molecule has 3 rings (SSSR count). The Bertz CT molecular complexity index is 950. The van der Waals surface area contributed by atoms with Gasteiger partial charge < -0.3 is 19.6 Å². The average Bonchev–Trinajstić information content (AvgIpc) is 3.03. The molecule has 6 nitrogen and oxygen atoms in total. The van der Waals surface area contributed by atoms with Crippen LogP contribution in [0.3, 0.4) is 0 Å². The van der Waals surface area contributed by atoms with Crippen molar-refractivity contribution in [3.63, 3.8) is 0 Å². The molecule has 2 aromatic rings. The van der Waals surface area contributed by atoms with Gasteiger partial charge in [-0.15, -0.1) is 6.58 Å². The zero-order chi connectivity index (χ0) is 22.8. The van der Waals surface area contributed by atoms with Gasteiger partial charge in [0.15, 0.2) is 0 Å². The first-order chi connectivity index (χ1) is 14.6. The van der Waals surface area contributed by atoms with Gasteiger partial charge in [0.2, 0.25) is 0 Å². The van der Waals surface area contributed by atoms with Gasteiger partial charge in [0.05, 0.1) is 33.1 Å². The summed E-state index contributed by atoms with van der Waals surface area (Å²) in [5.41, 5.74) is 3.63. The number of carbonyl (C=O) groups excluding carboxylic acids is 1. The summed E-state index contributed by atoms with van der Waals surface area (Å²) in [6.07, 6.45) is 0.850. The number of benzene rings is 2. The number of hydrogen-bond donors (Lipinski definition) is 2. The van der Waals surface area contributed by atoms with Gasteiger partial charge in [-0.05, 0) is 29.2 Å². The Labute approximate surface area is 183 Å². The number of ether oxygens (including phenoxy) is 1. The van der Waals surface area contributed by atoms with E-state index in [2.05, 4.69) is 24.0 Å². The maximum atomic E-state index is 12.6. The summed E-state index contributed by atoms with van der Waals surface area (Å²) in [7, 11) is 5.90. The number of carbonyl (C=O) groups is 2. The zero-order valence-corrected chi connectivity index (χ0v) is 18.6. The van der Waals surface area contributed by atoms with Gasteiger partial charge in [-0.1, -0.05) is 54.6 Å². The molecule has 31 heavy (non-hydrogen) atoms. The highest BCUT2D eigenvalue weighted by Crippen LogP contribution is 2.44. The lowest BCUT2D eigenvalue weighted by atomic mass is 9.81. The number of carboxylic acid groups (broad SMARTS) is 1. The largest absolute Gasteiger partial charge is 0.480 e. The number of quaternary nitrogens is 1. The molecule has 1 amide bonds. The number of nitrogens with one attached hydrogen (secondary N) is 1. The first-order valence-electron chi connectivity index (χ1n) is 10.3. The smallest absolute Gasteiger partial charge is 0.407 e. The molecule has 0 aliphatic heterocycles. The van der Waals surface area contributed by atoms with Gasteiger partial charge in [-0.3, -0.25) is 0 Å². The highest BCUT2D eigenvalue weighted by atomic mass is 16.5. The van der Waals surface area contributed by atoms with Crippen molar-refractivity contribution < 1.29 is 23.9 Å². The molecule has 2 atom stereocenters. The van der Waals surface area contributed by atoms with Crippen LogP contribution < -0.4 is 5.32 Å². The summed E-state index contributed by atoms with van der Waals surface area (Å²) in [4.78, 5) is 24.6. The molecular weight excluding hydrogens is 392 g/mol. The Kier molecular flexibility index (Phi) is 6.23. The number of nitrogens with zero attached hydrogens (tertiary/aromatic N) is 1. The van der Waals surface area contributed by atoms with Gasteiger partial charge in [-0.25, -0.2) is 9.59 Å². The van der Waals surface area contributed by atoms with Crippen molar-refractivity contribution in [3.8, 4) is 11.1 Å². The van der Waals surface area contributed by atoms with E-state index in [1.54, 1.807) is 13.0 Å². The first-order valence-corrected chi connectivity index (χ1v) is 10.3. The van der Waals surface area contributed by atoms with Crippen molar-refractivity contribution >= 4 is 12.1 Å². The second-order valence-electron chi connectivity index (χ2n) is 9.40. The number of aliphatic carboxylic acids is 1. The van der Waals surface area contributed by atoms with Crippen LogP contribution in [0, 0.1) is 5.41 Å². The molecule has 0 saturated heterocycles. The van der Waals surface area contributed by atoms with Crippen molar-refractivity contribution in [2.75, 3.05) is 34.3 Å². The number of carboxylic acids is 1. The molecule has 0 spiro atoms. The summed E-state index contributed by atoms with van der Waals surface area (Å²) in [6.45, 7) is 6.22. The van der Waals surface area contributed by atoms with Crippen molar-refractivity contribution in [3.05, 3.63) is 72.3 Å². The molecule has 2 N–H and O–H groups in total. The Hall–Kier alpha value is -3.12. The summed E-state index contributed by atoms with van der Waals surface area (Å²) in [5, 5.41) is 12.4. The van der Waals surface area contributed by atoms with Crippen LogP contribution in [-0.4, -0.2) is 62.0 Å². The van der Waals surface area contributed by atoms with Gasteiger partial charge in [0, 0.05) is 5.92 Å². The van der Waals surface area contributed by atoms with Crippen LogP contribution in [0.2, 0.25) is 0 Å². The van der Waals surface area contributed by atoms with Crippen molar-refractivity contribution in [1.82, 2.24) is 5.32 Å². The van der Waals surface area contributed by atoms with Gasteiger partial charge in [0.1, 0.15) is 12.6 Å². The Balaban J connectivity index is 1.75. The fourth-order valence-corrected chi connectivity index (χ4v) is 4.56. The van der Waals surface area contributed by atoms with Crippen LogP contribution in [0.4, 0.5) is 4.79 Å². The highest BCUT2D eigenvalue weighted by molar-refractivity contribution is 5.82. The Morgan fingerprint density at radius 1 is 1.13 bits per heavy atom. The minimum absolute atomic E-state index is 0.0848. The second kappa shape index (κ2) is 8.55. The minimum Gasteiger partial charge on any atom is -0.480 e. The number of alkyl carbamates (subject to hydrolysis) is 1. The fraction of sp³-hybridized carbons (Fsp3) is 0.360. The molecule has 0 heterocycles. The third-order valence-electron chi connectivity index (χ3n) is 5.79. The van der Waals surface area contributed by atoms with E-state index in [4.69, 9.17) is 4.74 Å². The van der Waals surface area contributed by atoms with Crippen molar-refractivity contribution in [2.45, 2.75) is 18.9 Å². The van der Waals surface area contributed by atoms with E-state index in [9.17, 15) is 14.7 Å². The lowest BCUT2D eigenvalue weighted by Gasteiger charge is -2.38. The van der Waals surface area contributed by atoms with Gasteiger partial charge >= 0.3 is 12.1 Å². The van der Waals surface area contributed by atoms with Crippen molar-refractivity contribution in [2.24, 2.45) is 5.41 Å². The summed E-state index contributed by atoms with van der Waals surface area (Å²) in [6, 6.07) is 15.0. The minimum atomic E-state index is -1.15. The van der Waals surface area contributed by atoms with E-state index in [0.29, 0.717) is 11.0 Å². The summed E-state index contributed by atoms with van der Waals surface area (Å²) < 4.78 is 6.06. The first kappa shape index (κ1) is 22.6. The molecular formula is C25H31N2O4+. The van der Waals surface area contributed by atoms with Crippen LogP contribution in [0.15, 0.2) is 61.2 Å². The average molecular weight is 424 g/mol. The number of hydrogen-bond acceptors (Lipinski definition) is 3. The van der Waals surface area contributed by atoms with E-state index in [1.807, 2.05) is 57.5 Å². The molecule has 1 aliphatic carbocycles. The van der Waals surface area contributed by atoms with E-state index < -0.39 is 23.5 Å². The van der Waals surface area contributed by atoms with E-state index in [-0.39, 0.29) is 12.5 Å². The van der Waals surface area contributed by atoms with Crippen LogP contribution in [-0.2, 0) is 9.53 Å². The SMILES string of the molecule is C=C[C@@](C)(C[N+](C)(C)C)[C@@H](NC(=O)OCC1c2ccccc2-c2ccccc21)C(=O)O. The Morgan fingerprint density at radius 3 is 2.10 bits per heavy atom. The quantitative estimate of drug-likeness (QED) is 0.499. The Morgan fingerprint density at radius 2 is 1.65 bits per heavy atom. The van der Waals surface area contributed by atoms with Crippen LogP contribution >= 0.6 is 0 Å². The maximum absolute atomic E-state index is 12.6. The molecule has 2 aromatic carbocycles. The molecule has 6 heteroatoms. The lowest BCUT2D eigenvalue weighted by Crippen LogP contribution is -2.57. The molecule has 0 fully saturated rings. The zero-order valence-electron chi connectivity index (χ0n) is 18.6. The van der Waals surface area contributed by atoms with Gasteiger partial charge in [-0.2, -0.15) is 0 Å². The lowest BCUT2D eigenvalue weighted by molar-refractivity contribution is -0.876. The van der Waals surface area contributed by atoms with Crippen molar-refractivity contribution in [1.29, 1.82) is 0 Å². The predicted molar refractivity (Wildman–Crippen MR) is 121 cm³/mol. The van der Waals surface area contributed by atoms with Gasteiger partial charge in [0.25, 0.3) is 0 Å². The van der Waals surface area contributed by atoms with Crippen LogP contribution in [0.25, 0.3) is 11.1 Å². The topological polar surface area (TPSA) is 75.6 Å². The monoisotopic (exact) mass is 423 g/mol. The summed E-state index contributed by atoms with van der Waals surface area (Å²) >= 11 is 0. The normalized spacial score (nSPS) is 15.9. The number of amides is 1. The van der Waals surface area contributed by atoms with E-state index in [1.165, 1.54) is 0 Å². The number of rotatable bonds is 8. The van der Waals surface area contributed by atoms with E-state index in [0.717, 1.165) is 22.3 Å². The third kappa shape index (κ3) is 4.80. The maximum Gasteiger partial charge on any atom is 0.407 e. The fourth-order valence-electron chi connectivity index (χ4n) is 4.56. The molecule has 0 unspecified atom stereocenters. The number of fused-ring (bicyclic) bond motifs is 3. The van der Waals surface area contributed by atoms with Crippen LogP contribution in [0.1, 0.15) is 24.0 Å². The predicted octanol–water partition coefficient (Wildman–Crippen LogP) is 3.88. The van der Waals surface area contributed by atoms with E-state index >= 15 is 0 Å². The second-order valence-corrected chi connectivity index (χ2v) is 9.40. The molecule has 164 valence electrons.